The van der Waals surface area contributed by atoms with Crippen molar-refractivity contribution in [3.63, 3.8) is 0 Å². The molecule has 0 aliphatic heterocycles. The SMILES string of the molecule is O=C(CCc1ccsc1)Nc1ccc(Br)cc1. The predicted octanol–water partition coefficient (Wildman–Crippen LogP) is 4.08. The first kappa shape index (κ1) is 12.3. The summed E-state index contributed by atoms with van der Waals surface area (Å²) in [5.74, 6) is 0.0542. The lowest BCUT2D eigenvalue weighted by Crippen LogP contribution is -2.11. The molecule has 0 saturated carbocycles. The van der Waals surface area contributed by atoms with Crippen molar-refractivity contribution in [1.29, 1.82) is 0 Å². The minimum absolute atomic E-state index is 0.0542. The minimum atomic E-state index is 0.0542. The maximum Gasteiger partial charge on any atom is 0.224 e. The fraction of sp³-hybridized carbons (Fsp3) is 0.154. The summed E-state index contributed by atoms with van der Waals surface area (Å²) in [6, 6.07) is 9.64. The van der Waals surface area contributed by atoms with Crippen LogP contribution in [0.3, 0.4) is 0 Å². The number of hydrogen-bond donors (Lipinski definition) is 1. The van der Waals surface area contributed by atoms with E-state index in [9.17, 15) is 4.79 Å². The summed E-state index contributed by atoms with van der Waals surface area (Å²) in [6.45, 7) is 0. The number of carbonyl (C=O) groups is 1. The molecule has 0 atom stereocenters. The van der Waals surface area contributed by atoms with E-state index in [1.54, 1.807) is 11.3 Å². The second-order valence-electron chi connectivity index (χ2n) is 3.69. The van der Waals surface area contributed by atoms with Gasteiger partial charge in [-0.3, -0.25) is 4.79 Å². The highest BCUT2D eigenvalue weighted by atomic mass is 79.9. The Morgan fingerprint density at radius 2 is 2.00 bits per heavy atom. The topological polar surface area (TPSA) is 29.1 Å². The van der Waals surface area contributed by atoms with Gasteiger partial charge in [-0.15, -0.1) is 0 Å². The third kappa shape index (κ3) is 3.98. The van der Waals surface area contributed by atoms with Crippen LogP contribution in [0.2, 0.25) is 0 Å². The molecule has 88 valence electrons. The number of halogens is 1. The number of rotatable bonds is 4. The third-order valence-electron chi connectivity index (χ3n) is 2.35. The molecule has 2 aromatic rings. The number of hydrogen-bond acceptors (Lipinski definition) is 2. The van der Waals surface area contributed by atoms with Gasteiger partial charge in [0, 0.05) is 16.6 Å². The van der Waals surface area contributed by atoms with Gasteiger partial charge in [-0.2, -0.15) is 11.3 Å². The summed E-state index contributed by atoms with van der Waals surface area (Å²) in [7, 11) is 0. The number of aryl methyl sites for hydroxylation is 1. The Labute approximate surface area is 113 Å². The predicted molar refractivity (Wildman–Crippen MR) is 75.4 cm³/mol. The first-order valence-corrected chi connectivity index (χ1v) is 7.04. The normalized spacial score (nSPS) is 10.2. The number of benzene rings is 1. The first-order valence-electron chi connectivity index (χ1n) is 5.30. The van der Waals surface area contributed by atoms with Crippen LogP contribution < -0.4 is 5.32 Å². The van der Waals surface area contributed by atoms with Crippen LogP contribution in [0.15, 0.2) is 45.6 Å². The van der Waals surface area contributed by atoms with Crippen molar-refractivity contribution in [3.8, 4) is 0 Å². The molecule has 0 aliphatic rings. The molecule has 0 saturated heterocycles. The Bertz CT molecular complexity index is 479. The van der Waals surface area contributed by atoms with Gasteiger partial charge in [0.15, 0.2) is 0 Å². The number of amides is 1. The van der Waals surface area contributed by atoms with Crippen molar-refractivity contribution in [2.75, 3.05) is 5.32 Å². The van der Waals surface area contributed by atoms with E-state index in [1.807, 2.05) is 29.6 Å². The summed E-state index contributed by atoms with van der Waals surface area (Å²) in [4.78, 5) is 11.7. The zero-order valence-electron chi connectivity index (χ0n) is 9.15. The molecule has 1 aromatic heterocycles. The Morgan fingerprint density at radius 3 is 2.65 bits per heavy atom. The second kappa shape index (κ2) is 5.98. The lowest BCUT2D eigenvalue weighted by molar-refractivity contribution is -0.116. The summed E-state index contributed by atoms with van der Waals surface area (Å²) in [6.07, 6.45) is 1.32. The molecular formula is C13H12BrNOS. The van der Waals surface area contributed by atoms with Crippen molar-refractivity contribution in [3.05, 3.63) is 51.1 Å². The Hall–Kier alpha value is -1.13. The molecule has 1 N–H and O–H groups in total. The van der Waals surface area contributed by atoms with Crippen LogP contribution >= 0.6 is 27.3 Å². The van der Waals surface area contributed by atoms with Gasteiger partial charge < -0.3 is 5.32 Å². The van der Waals surface area contributed by atoms with E-state index in [1.165, 1.54) is 5.56 Å². The highest BCUT2D eigenvalue weighted by molar-refractivity contribution is 9.10. The van der Waals surface area contributed by atoms with Gasteiger partial charge in [0.05, 0.1) is 0 Å². The maximum atomic E-state index is 11.7. The molecule has 0 bridgehead atoms. The smallest absolute Gasteiger partial charge is 0.224 e. The van der Waals surface area contributed by atoms with Crippen LogP contribution in [0, 0.1) is 0 Å². The zero-order valence-corrected chi connectivity index (χ0v) is 11.6. The quantitative estimate of drug-likeness (QED) is 0.906. The highest BCUT2D eigenvalue weighted by Crippen LogP contribution is 2.15. The average molecular weight is 310 g/mol. The minimum Gasteiger partial charge on any atom is -0.326 e. The number of carbonyl (C=O) groups excluding carboxylic acids is 1. The monoisotopic (exact) mass is 309 g/mol. The van der Waals surface area contributed by atoms with Crippen molar-refractivity contribution in [1.82, 2.24) is 0 Å². The highest BCUT2D eigenvalue weighted by Gasteiger charge is 2.03. The standard InChI is InChI=1S/C13H12BrNOS/c14-11-2-4-12(5-3-11)15-13(16)6-1-10-7-8-17-9-10/h2-5,7-9H,1,6H2,(H,15,16). The van der Waals surface area contributed by atoms with Crippen LogP contribution in [-0.4, -0.2) is 5.91 Å². The molecule has 17 heavy (non-hydrogen) atoms. The molecule has 1 amide bonds. The summed E-state index contributed by atoms with van der Waals surface area (Å²) >= 11 is 5.02. The molecule has 1 aromatic carbocycles. The molecule has 2 rings (SSSR count). The van der Waals surface area contributed by atoms with Crippen molar-refractivity contribution in [2.24, 2.45) is 0 Å². The van der Waals surface area contributed by atoms with Crippen molar-refractivity contribution < 1.29 is 4.79 Å². The van der Waals surface area contributed by atoms with Gasteiger partial charge in [0.25, 0.3) is 0 Å². The first-order chi connectivity index (χ1) is 8.24. The molecule has 0 fully saturated rings. The van der Waals surface area contributed by atoms with Gasteiger partial charge in [-0.1, -0.05) is 15.9 Å². The van der Waals surface area contributed by atoms with Gasteiger partial charge >= 0.3 is 0 Å². The van der Waals surface area contributed by atoms with E-state index < -0.39 is 0 Å². The fourth-order valence-corrected chi connectivity index (χ4v) is 2.42. The van der Waals surface area contributed by atoms with Crippen molar-refractivity contribution in [2.45, 2.75) is 12.8 Å². The van der Waals surface area contributed by atoms with Crippen LogP contribution in [-0.2, 0) is 11.2 Å². The lowest BCUT2D eigenvalue weighted by atomic mass is 10.2. The van der Waals surface area contributed by atoms with E-state index >= 15 is 0 Å². The molecule has 4 heteroatoms. The van der Waals surface area contributed by atoms with Crippen LogP contribution in [0.5, 0.6) is 0 Å². The zero-order chi connectivity index (χ0) is 12.1. The molecule has 2 nitrogen and oxygen atoms in total. The summed E-state index contributed by atoms with van der Waals surface area (Å²) < 4.78 is 1.01. The Morgan fingerprint density at radius 1 is 1.24 bits per heavy atom. The van der Waals surface area contributed by atoms with Crippen LogP contribution in [0.1, 0.15) is 12.0 Å². The second-order valence-corrected chi connectivity index (χ2v) is 5.38. The molecule has 1 heterocycles. The van der Waals surface area contributed by atoms with Gasteiger partial charge in [-0.05, 0) is 53.1 Å². The van der Waals surface area contributed by atoms with E-state index in [4.69, 9.17) is 0 Å². The Balaban J connectivity index is 1.83. The number of anilines is 1. The molecule has 0 aliphatic carbocycles. The van der Waals surface area contributed by atoms with E-state index in [0.717, 1.165) is 16.6 Å². The molecular weight excluding hydrogens is 298 g/mol. The summed E-state index contributed by atoms with van der Waals surface area (Å²) in [5, 5.41) is 6.98. The maximum absolute atomic E-state index is 11.7. The van der Waals surface area contributed by atoms with Crippen molar-refractivity contribution >= 4 is 38.9 Å². The molecule has 0 radical (unpaired) electrons. The molecule has 0 spiro atoms. The van der Waals surface area contributed by atoms with Gasteiger partial charge in [-0.25, -0.2) is 0 Å². The van der Waals surface area contributed by atoms with E-state index in [2.05, 4.69) is 32.7 Å². The van der Waals surface area contributed by atoms with Gasteiger partial charge in [0.1, 0.15) is 0 Å². The third-order valence-corrected chi connectivity index (χ3v) is 3.61. The Kier molecular flexibility index (Phi) is 4.34. The van der Waals surface area contributed by atoms with Gasteiger partial charge in [0.2, 0.25) is 5.91 Å². The van der Waals surface area contributed by atoms with E-state index in [0.29, 0.717) is 6.42 Å². The van der Waals surface area contributed by atoms with Crippen LogP contribution in [0.25, 0.3) is 0 Å². The lowest BCUT2D eigenvalue weighted by Gasteiger charge is -2.04. The average Bonchev–Trinajstić information content (AvgIpc) is 2.83. The largest absolute Gasteiger partial charge is 0.326 e. The fourth-order valence-electron chi connectivity index (χ4n) is 1.45. The number of nitrogens with one attached hydrogen (secondary N) is 1. The molecule has 0 unspecified atom stereocenters. The number of thiophene rings is 1. The van der Waals surface area contributed by atoms with Crippen LogP contribution in [0.4, 0.5) is 5.69 Å². The summed E-state index contributed by atoms with van der Waals surface area (Å²) in [5.41, 5.74) is 2.06. The van der Waals surface area contributed by atoms with E-state index in [-0.39, 0.29) is 5.91 Å².